The van der Waals surface area contributed by atoms with Gasteiger partial charge in [0.2, 0.25) is 10.0 Å². The first-order chi connectivity index (χ1) is 9.60. The molecule has 1 aliphatic rings. The molecule has 21 heavy (non-hydrogen) atoms. The fourth-order valence-electron chi connectivity index (χ4n) is 2.55. The Morgan fingerprint density at radius 2 is 1.81 bits per heavy atom. The van der Waals surface area contributed by atoms with Crippen LogP contribution in [0.3, 0.4) is 0 Å². The number of sulfonamides is 1. The Kier molecular flexibility index (Phi) is 4.94. The van der Waals surface area contributed by atoms with Crippen molar-refractivity contribution in [1.82, 2.24) is 4.72 Å². The molecule has 2 rings (SSSR count). The maximum absolute atomic E-state index is 12.2. The molecule has 1 saturated carbocycles. The third kappa shape index (κ3) is 3.92. The molecule has 0 spiro atoms. The van der Waals surface area contributed by atoms with Crippen LogP contribution in [0.5, 0.6) is 0 Å². The average molecular weight is 350 g/mol. The lowest BCUT2D eigenvalue weighted by molar-refractivity contribution is 0.519. The van der Waals surface area contributed by atoms with Crippen molar-refractivity contribution in [3.05, 3.63) is 33.8 Å². The Balaban J connectivity index is 2.06. The monoisotopic (exact) mass is 349 g/mol. The molecule has 1 aliphatic carbocycles. The van der Waals surface area contributed by atoms with Crippen molar-refractivity contribution < 1.29 is 8.42 Å². The van der Waals surface area contributed by atoms with Crippen LogP contribution in [0, 0.1) is 0 Å². The largest absolute Gasteiger partial charge is 0.216 e. The zero-order valence-electron chi connectivity index (χ0n) is 12.5. The molecule has 3 nitrogen and oxygen atoms in total. The molecule has 0 aromatic heterocycles. The van der Waals surface area contributed by atoms with E-state index in [0.717, 1.165) is 24.8 Å². The van der Waals surface area contributed by atoms with Gasteiger partial charge in [-0.25, -0.2) is 13.1 Å². The molecular formula is C15H21Cl2NO2S. The summed E-state index contributed by atoms with van der Waals surface area (Å²) < 4.78 is 26.5. The van der Waals surface area contributed by atoms with Gasteiger partial charge in [-0.05, 0) is 63.6 Å². The highest BCUT2D eigenvalue weighted by atomic mass is 35.5. The predicted molar refractivity (Wildman–Crippen MR) is 88.7 cm³/mol. The van der Waals surface area contributed by atoms with Gasteiger partial charge in [0.25, 0.3) is 0 Å². The molecule has 0 radical (unpaired) electrons. The minimum atomic E-state index is -3.30. The second kappa shape index (κ2) is 6.07. The third-order valence-electron chi connectivity index (χ3n) is 3.98. The number of halogens is 2. The van der Waals surface area contributed by atoms with Crippen molar-refractivity contribution in [2.45, 2.75) is 56.7 Å². The van der Waals surface area contributed by atoms with Gasteiger partial charge in [-0.1, -0.05) is 29.3 Å². The second-order valence-corrected chi connectivity index (χ2v) is 9.90. The zero-order valence-corrected chi connectivity index (χ0v) is 14.8. The molecular weight excluding hydrogens is 329 g/mol. The molecule has 1 aromatic rings. The minimum absolute atomic E-state index is 0.00585. The van der Waals surface area contributed by atoms with Crippen molar-refractivity contribution >= 4 is 33.2 Å². The van der Waals surface area contributed by atoms with E-state index in [2.05, 4.69) is 4.72 Å². The summed E-state index contributed by atoms with van der Waals surface area (Å²) in [6.07, 6.45) is 2.60. The maximum atomic E-state index is 12.2. The van der Waals surface area contributed by atoms with Crippen LogP contribution in [-0.2, 0) is 10.0 Å². The fraction of sp³-hybridized carbons (Fsp3) is 0.600. The SMILES string of the molecule is CC(C)(C)S(=O)(=O)N[C@@H]1CC[C@H](c2ccc(Cl)c(Cl)c2)C1. The van der Waals surface area contributed by atoms with Crippen LogP contribution in [0.2, 0.25) is 10.0 Å². The Morgan fingerprint density at radius 1 is 1.14 bits per heavy atom. The average Bonchev–Trinajstić information content (AvgIpc) is 2.79. The van der Waals surface area contributed by atoms with E-state index in [4.69, 9.17) is 23.2 Å². The molecule has 0 amide bonds. The van der Waals surface area contributed by atoms with Crippen molar-refractivity contribution in [2.75, 3.05) is 0 Å². The molecule has 0 unspecified atom stereocenters. The van der Waals surface area contributed by atoms with Gasteiger partial charge in [-0.2, -0.15) is 0 Å². The van der Waals surface area contributed by atoms with E-state index in [1.807, 2.05) is 12.1 Å². The molecule has 0 bridgehead atoms. The molecule has 1 N–H and O–H groups in total. The first kappa shape index (κ1) is 17.1. The standard InChI is InChI=1S/C15H21Cl2NO2S/c1-15(2,3)21(19,20)18-12-6-4-10(8-12)11-5-7-13(16)14(17)9-11/h5,7,9-10,12,18H,4,6,8H2,1-3H3/t10-,12+/m0/s1. The first-order valence-corrected chi connectivity index (χ1v) is 9.31. The highest BCUT2D eigenvalue weighted by Gasteiger charge is 2.34. The van der Waals surface area contributed by atoms with Gasteiger partial charge < -0.3 is 0 Å². The van der Waals surface area contributed by atoms with E-state index in [0.29, 0.717) is 16.0 Å². The van der Waals surface area contributed by atoms with Gasteiger partial charge in [0, 0.05) is 6.04 Å². The van der Waals surface area contributed by atoms with Crippen LogP contribution in [0.25, 0.3) is 0 Å². The van der Waals surface area contributed by atoms with Crippen LogP contribution in [0.15, 0.2) is 18.2 Å². The summed E-state index contributed by atoms with van der Waals surface area (Å²) in [7, 11) is -3.30. The summed E-state index contributed by atoms with van der Waals surface area (Å²) in [6, 6.07) is 5.65. The van der Waals surface area contributed by atoms with Gasteiger partial charge in [0.15, 0.2) is 0 Å². The molecule has 1 fully saturated rings. The number of hydrogen-bond acceptors (Lipinski definition) is 2. The van der Waals surface area contributed by atoms with Crippen molar-refractivity contribution in [2.24, 2.45) is 0 Å². The Bertz CT molecular complexity index is 623. The van der Waals surface area contributed by atoms with E-state index in [9.17, 15) is 8.42 Å². The predicted octanol–water partition coefficient (Wildman–Crippen LogP) is 4.35. The Morgan fingerprint density at radius 3 is 2.38 bits per heavy atom. The quantitative estimate of drug-likeness (QED) is 0.881. The summed E-state index contributed by atoms with van der Waals surface area (Å²) in [4.78, 5) is 0. The Labute approximate surface area is 137 Å². The van der Waals surface area contributed by atoms with E-state index >= 15 is 0 Å². The van der Waals surface area contributed by atoms with Gasteiger partial charge in [0.1, 0.15) is 0 Å². The number of rotatable bonds is 3. The van der Waals surface area contributed by atoms with Gasteiger partial charge >= 0.3 is 0 Å². The number of benzene rings is 1. The molecule has 118 valence electrons. The van der Waals surface area contributed by atoms with Crippen LogP contribution >= 0.6 is 23.2 Å². The number of nitrogens with one attached hydrogen (secondary N) is 1. The van der Waals surface area contributed by atoms with Crippen LogP contribution in [0.1, 0.15) is 51.5 Å². The topological polar surface area (TPSA) is 46.2 Å². The summed E-state index contributed by atoms with van der Waals surface area (Å²) in [5.41, 5.74) is 1.13. The van der Waals surface area contributed by atoms with Crippen molar-refractivity contribution in [3.63, 3.8) is 0 Å². The van der Waals surface area contributed by atoms with Gasteiger partial charge in [0.05, 0.1) is 14.8 Å². The smallest absolute Gasteiger partial charge is 0.212 e. The lowest BCUT2D eigenvalue weighted by Gasteiger charge is -2.23. The molecule has 2 atom stereocenters. The van der Waals surface area contributed by atoms with E-state index < -0.39 is 14.8 Å². The van der Waals surface area contributed by atoms with E-state index in [1.165, 1.54) is 0 Å². The second-order valence-electron chi connectivity index (χ2n) is 6.61. The van der Waals surface area contributed by atoms with Gasteiger partial charge in [-0.15, -0.1) is 0 Å². The van der Waals surface area contributed by atoms with Crippen LogP contribution in [0.4, 0.5) is 0 Å². The zero-order chi connectivity index (χ0) is 15.8. The van der Waals surface area contributed by atoms with E-state index in [-0.39, 0.29) is 6.04 Å². The summed E-state index contributed by atoms with van der Waals surface area (Å²) in [5, 5.41) is 1.09. The Hall–Kier alpha value is -0.290. The van der Waals surface area contributed by atoms with Gasteiger partial charge in [-0.3, -0.25) is 0 Å². The minimum Gasteiger partial charge on any atom is -0.212 e. The molecule has 6 heteroatoms. The van der Waals surface area contributed by atoms with Crippen LogP contribution in [-0.4, -0.2) is 19.2 Å². The highest BCUT2D eigenvalue weighted by Crippen LogP contribution is 2.37. The normalized spacial score (nSPS) is 23.5. The summed E-state index contributed by atoms with van der Waals surface area (Å²) >= 11 is 12.0. The number of hydrogen-bond donors (Lipinski definition) is 1. The lowest BCUT2D eigenvalue weighted by atomic mass is 9.98. The molecule has 0 heterocycles. The molecule has 0 aliphatic heterocycles. The van der Waals surface area contributed by atoms with Crippen molar-refractivity contribution in [3.8, 4) is 0 Å². The fourth-order valence-corrected chi connectivity index (χ4v) is 3.87. The third-order valence-corrected chi connectivity index (χ3v) is 6.97. The molecule has 1 aromatic carbocycles. The highest BCUT2D eigenvalue weighted by molar-refractivity contribution is 7.90. The molecule has 0 saturated heterocycles. The summed E-state index contributed by atoms with van der Waals surface area (Å²) in [5.74, 6) is 0.326. The van der Waals surface area contributed by atoms with Crippen molar-refractivity contribution in [1.29, 1.82) is 0 Å². The lowest BCUT2D eigenvalue weighted by Crippen LogP contribution is -2.43. The summed E-state index contributed by atoms with van der Waals surface area (Å²) in [6.45, 7) is 5.13. The van der Waals surface area contributed by atoms with Crippen LogP contribution < -0.4 is 4.72 Å². The first-order valence-electron chi connectivity index (χ1n) is 7.07. The maximum Gasteiger partial charge on any atom is 0.216 e. The van der Waals surface area contributed by atoms with E-state index in [1.54, 1.807) is 26.8 Å².